The van der Waals surface area contributed by atoms with E-state index >= 15 is 0 Å². The van der Waals surface area contributed by atoms with Gasteiger partial charge in [0.2, 0.25) is 0 Å². The molecule has 2 N–H and O–H groups in total. The van der Waals surface area contributed by atoms with E-state index in [9.17, 15) is 14.7 Å². The summed E-state index contributed by atoms with van der Waals surface area (Å²) in [4.78, 5) is 24.3. The van der Waals surface area contributed by atoms with Gasteiger partial charge in [-0.1, -0.05) is 52.5 Å². The maximum Gasteiger partial charge on any atom is 0.339 e. The van der Waals surface area contributed by atoms with E-state index in [0.717, 1.165) is 11.3 Å². The normalized spacial score (nSPS) is 10.7. The Balaban J connectivity index is 1.99. The molecule has 0 aliphatic heterocycles. The Morgan fingerprint density at radius 1 is 0.889 bits per heavy atom. The van der Waals surface area contributed by atoms with Gasteiger partial charge in [0.25, 0.3) is 5.91 Å². The van der Waals surface area contributed by atoms with Gasteiger partial charge in [0.1, 0.15) is 10.6 Å². The van der Waals surface area contributed by atoms with Crippen LogP contribution in [0.2, 0.25) is 20.1 Å². The lowest BCUT2D eigenvalue weighted by atomic mass is 10.0. The van der Waals surface area contributed by atoms with E-state index in [1.54, 1.807) is 17.5 Å². The molecule has 0 bridgehead atoms. The molecule has 0 aliphatic carbocycles. The zero-order valence-corrected chi connectivity index (χ0v) is 17.1. The summed E-state index contributed by atoms with van der Waals surface area (Å²) in [5.41, 5.74) is 1.08. The molecule has 1 amide bonds. The van der Waals surface area contributed by atoms with E-state index in [2.05, 4.69) is 5.32 Å². The molecule has 138 valence electrons. The minimum Gasteiger partial charge on any atom is -0.478 e. The van der Waals surface area contributed by atoms with Gasteiger partial charge in [0.15, 0.2) is 0 Å². The molecule has 1 heterocycles. The number of aromatic carboxylic acids is 1. The topological polar surface area (TPSA) is 66.4 Å². The Hall–Kier alpha value is -1.76. The molecule has 2 aromatic carbocycles. The Morgan fingerprint density at radius 3 is 2.26 bits per heavy atom. The van der Waals surface area contributed by atoms with Crippen LogP contribution in [0.15, 0.2) is 41.8 Å². The zero-order valence-electron chi connectivity index (χ0n) is 13.2. The van der Waals surface area contributed by atoms with Crippen molar-refractivity contribution in [2.45, 2.75) is 0 Å². The van der Waals surface area contributed by atoms with Crippen LogP contribution in [-0.4, -0.2) is 17.0 Å². The lowest BCUT2D eigenvalue weighted by Gasteiger charge is -2.08. The number of thiophene rings is 1. The molecule has 4 nitrogen and oxygen atoms in total. The van der Waals surface area contributed by atoms with Gasteiger partial charge < -0.3 is 10.4 Å². The fraction of sp³-hybridized carbons (Fsp3) is 0. The highest BCUT2D eigenvalue weighted by atomic mass is 35.5. The number of nitrogens with one attached hydrogen (secondary N) is 1. The van der Waals surface area contributed by atoms with Crippen LogP contribution < -0.4 is 5.32 Å². The van der Waals surface area contributed by atoms with E-state index in [0.29, 0.717) is 26.2 Å². The number of amides is 1. The SMILES string of the molecule is O=C(Nc1scc(-c2ccc(Cl)cc2Cl)c1C(=O)O)c1ccc(Cl)c(Cl)c1. The third-order valence-corrected chi connectivity index (χ3v) is 5.82. The maximum absolute atomic E-state index is 12.5. The Labute approximate surface area is 178 Å². The molecule has 0 aliphatic rings. The molecule has 0 atom stereocenters. The lowest BCUT2D eigenvalue weighted by molar-refractivity contribution is 0.0699. The summed E-state index contributed by atoms with van der Waals surface area (Å²) in [5.74, 6) is -1.70. The van der Waals surface area contributed by atoms with Crippen molar-refractivity contribution >= 4 is 74.6 Å². The molecule has 0 saturated carbocycles. The van der Waals surface area contributed by atoms with E-state index < -0.39 is 11.9 Å². The van der Waals surface area contributed by atoms with Crippen molar-refractivity contribution in [2.24, 2.45) is 0 Å². The summed E-state index contributed by atoms with van der Waals surface area (Å²) in [6, 6.07) is 9.16. The van der Waals surface area contributed by atoms with Gasteiger partial charge in [0, 0.05) is 32.1 Å². The number of hydrogen-bond acceptors (Lipinski definition) is 3. The summed E-state index contributed by atoms with van der Waals surface area (Å²) < 4.78 is 0. The van der Waals surface area contributed by atoms with Crippen molar-refractivity contribution in [3.63, 3.8) is 0 Å². The molecule has 3 aromatic rings. The lowest BCUT2D eigenvalue weighted by Crippen LogP contribution is -2.13. The van der Waals surface area contributed by atoms with Crippen molar-refractivity contribution in [3.05, 3.63) is 73.0 Å². The standard InChI is InChI=1S/C18H9Cl4NO3S/c19-9-2-3-10(13(21)6-9)11-7-27-17(15(11)18(25)26)23-16(24)8-1-4-12(20)14(22)5-8/h1-7H,(H,23,24)(H,25,26). The first-order valence-corrected chi connectivity index (χ1v) is 9.73. The summed E-state index contributed by atoms with van der Waals surface area (Å²) in [6.45, 7) is 0. The van der Waals surface area contributed by atoms with E-state index in [-0.39, 0.29) is 21.2 Å². The average molecular weight is 461 g/mol. The summed E-state index contributed by atoms with van der Waals surface area (Å²) >= 11 is 24.9. The minimum atomic E-state index is -1.19. The second-order valence-corrected chi connectivity index (χ2v) is 7.90. The number of anilines is 1. The Bertz CT molecular complexity index is 1060. The van der Waals surface area contributed by atoms with Gasteiger partial charge in [-0.2, -0.15) is 0 Å². The van der Waals surface area contributed by atoms with Crippen LogP contribution in [-0.2, 0) is 0 Å². The maximum atomic E-state index is 12.5. The van der Waals surface area contributed by atoms with Gasteiger partial charge in [-0.25, -0.2) is 4.79 Å². The second-order valence-electron chi connectivity index (χ2n) is 5.37. The second kappa shape index (κ2) is 8.09. The monoisotopic (exact) mass is 459 g/mol. The van der Waals surface area contributed by atoms with Gasteiger partial charge in [0.05, 0.1) is 10.0 Å². The van der Waals surface area contributed by atoms with Crippen LogP contribution in [0.4, 0.5) is 5.00 Å². The fourth-order valence-electron chi connectivity index (χ4n) is 2.38. The van der Waals surface area contributed by atoms with E-state index in [4.69, 9.17) is 46.4 Å². The van der Waals surface area contributed by atoms with Crippen LogP contribution in [0, 0.1) is 0 Å². The molecule has 3 rings (SSSR count). The Kier molecular flexibility index (Phi) is 5.99. The van der Waals surface area contributed by atoms with E-state index in [1.165, 1.54) is 24.3 Å². The zero-order chi connectivity index (χ0) is 19.7. The first kappa shape index (κ1) is 20.0. The van der Waals surface area contributed by atoms with Crippen molar-refractivity contribution in [3.8, 4) is 11.1 Å². The number of carboxylic acids is 1. The summed E-state index contributed by atoms with van der Waals surface area (Å²) in [5, 5.41) is 15.3. The molecular weight excluding hydrogens is 452 g/mol. The molecule has 0 radical (unpaired) electrons. The molecule has 0 spiro atoms. The smallest absolute Gasteiger partial charge is 0.339 e. The number of carbonyl (C=O) groups is 2. The predicted octanol–water partition coefficient (Wildman–Crippen LogP) is 6.98. The number of carbonyl (C=O) groups excluding carboxylic acids is 1. The van der Waals surface area contributed by atoms with Gasteiger partial charge >= 0.3 is 5.97 Å². The molecule has 0 unspecified atom stereocenters. The van der Waals surface area contributed by atoms with Crippen LogP contribution in [0.5, 0.6) is 0 Å². The quantitative estimate of drug-likeness (QED) is 0.441. The molecule has 0 fully saturated rings. The van der Waals surface area contributed by atoms with Crippen molar-refractivity contribution in [1.29, 1.82) is 0 Å². The van der Waals surface area contributed by atoms with Gasteiger partial charge in [-0.05, 0) is 30.3 Å². The van der Waals surface area contributed by atoms with Crippen LogP contribution in [0.25, 0.3) is 11.1 Å². The predicted molar refractivity (Wildman–Crippen MR) is 111 cm³/mol. The number of benzene rings is 2. The summed E-state index contributed by atoms with van der Waals surface area (Å²) in [7, 11) is 0. The van der Waals surface area contributed by atoms with Crippen molar-refractivity contribution in [2.75, 3.05) is 5.32 Å². The number of halogens is 4. The highest BCUT2D eigenvalue weighted by molar-refractivity contribution is 7.15. The fourth-order valence-corrected chi connectivity index (χ4v) is 4.14. The van der Waals surface area contributed by atoms with Crippen molar-refractivity contribution in [1.82, 2.24) is 0 Å². The minimum absolute atomic E-state index is 0.0577. The van der Waals surface area contributed by atoms with Crippen LogP contribution >= 0.6 is 57.7 Å². The van der Waals surface area contributed by atoms with Crippen LogP contribution in [0.1, 0.15) is 20.7 Å². The highest BCUT2D eigenvalue weighted by Crippen LogP contribution is 2.39. The molecule has 9 heteroatoms. The first-order valence-electron chi connectivity index (χ1n) is 7.34. The highest BCUT2D eigenvalue weighted by Gasteiger charge is 2.23. The van der Waals surface area contributed by atoms with Crippen LogP contribution in [0.3, 0.4) is 0 Å². The molecule has 0 saturated heterocycles. The molecule has 27 heavy (non-hydrogen) atoms. The third-order valence-electron chi connectivity index (χ3n) is 3.64. The van der Waals surface area contributed by atoms with E-state index in [1.807, 2.05) is 0 Å². The molecular formula is C18H9Cl4NO3S. The number of carboxylic acid groups (broad SMARTS) is 1. The Morgan fingerprint density at radius 2 is 1.63 bits per heavy atom. The summed E-state index contributed by atoms with van der Waals surface area (Å²) in [6.07, 6.45) is 0. The van der Waals surface area contributed by atoms with Crippen molar-refractivity contribution < 1.29 is 14.7 Å². The van der Waals surface area contributed by atoms with Gasteiger partial charge in [-0.15, -0.1) is 11.3 Å². The number of rotatable bonds is 4. The van der Waals surface area contributed by atoms with Gasteiger partial charge in [-0.3, -0.25) is 4.79 Å². The number of hydrogen-bond donors (Lipinski definition) is 2. The largest absolute Gasteiger partial charge is 0.478 e. The molecule has 1 aromatic heterocycles. The first-order chi connectivity index (χ1) is 12.8. The average Bonchev–Trinajstić information content (AvgIpc) is 3.00. The third kappa shape index (κ3) is 4.23.